The Labute approximate surface area is 122 Å². The van der Waals surface area contributed by atoms with Gasteiger partial charge in [0.15, 0.2) is 0 Å². The van der Waals surface area contributed by atoms with E-state index >= 15 is 0 Å². The van der Waals surface area contributed by atoms with Crippen LogP contribution in [0.4, 0.5) is 5.69 Å². The lowest BCUT2D eigenvalue weighted by molar-refractivity contribution is -0.00154. The maximum Gasteiger partial charge on any atom is 0.0813 e. The van der Waals surface area contributed by atoms with Crippen molar-refractivity contribution in [2.75, 3.05) is 11.9 Å². The highest BCUT2D eigenvalue weighted by atomic mass is 32.1. The number of aromatic nitrogens is 1. The minimum atomic E-state index is -0.650. The first kappa shape index (κ1) is 13.8. The van der Waals surface area contributed by atoms with Gasteiger partial charge in [0.25, 0.3) is 0 Å². The number of anilines is 1. The summed E-state index contributed by atoms with van der Waals surface area (Å²) < 4.78 is 1.14. The molecule has 2 aromatic rings. The number of rotatable bonds is 5. The van der Waals surface area contributed by atoms with E-state index in [4.69, 9.17) is 0 Å². The van der Waals surface area contributed by atoms with E-state index in [0.717, 1.165) is 41.6 Å². The van der Waals surface area contributed by atoms with Gasteiger partial charge in [-0.2, -0.15) is 0 Å². The van der Waals surface area contributed by atoms with Gasteiger partial charge in [0, 0.05) is 18.7 Å². The molecule has 1 saturated carbocycles. The van der Waals surface area contributed by atoms with Gasteiger partial charge in [-0.3, -0.25) is 0 Å². The first-order chi connectivity index (χ1) is 9.65. The van der Waals surface area contributed by atoms with Crippen LogP contribution in [0.25, 0.3) is 10.2 Å². The molecule has 0 radical (unpaired) electrons. The van der Waals surface area contributed by atoms with Crippen LogP contribution in [-0.4, -0.2) is 33.4 Å². The van der Waals surface area contributed by atoms with Crippen molar-refractivity contribution < 1.29 is 10.2 Å². The topological polar surface area (TPSA) is 65.4 Å². The quantitative estimate of drug-likeness (QED) is 0.793. The molecular formula is C15H20N2O2S. The monoisotopic (exact) mass is 292 g/mol. The summed E-state index contributed by atoms with van der Waals surface area (Å²) in [6.07, 6.45) is 3.71. The standard InChI is InChI=1S/C15H20N2O2S/c18-12(8-15(19)5-1-2-6-15)9-16-11-3-4-13-14(7-11)20-10-17-13/h3-4,7,10,12,16,18-19H,1-2,5-6,8-9H2. The summed E-state index contributed by atoms with van der Waals surface area (Å²) >= 11 is 1.61. The summed E-state index contributed by atoms with van der Waals surface area (Å²) in [5.74, 6) is 0. The summed E-state index contributed by atoms with van der Waals surface area (Å²) in [4.78, 5) is 4.24. The second-order valence-corrected chi connectivity index (χ2v) is 6.59. The number of thiazole rings is 1. The molecule has 1 aliphatic carbocycles. The number of aliphatic hydroxyl groups is 2. The van der Waals surface area contributed by atoms with Crippen LogP contribution in [0.2, 0.25) is 0 Å². The van der Waals surface area contributed by atoms with Gasteiger partial charge < -0.3 is 15.5 Å². The molecule has 1 aromatic carbocycles. The Morgan fingerprint density at radius 1 is 1.35 bits per heavy atom. The Balaban J connectivity index is 1.55. The Hall–Kier alpha value is -1.17. The molecule has 0 aliphatic heterocycles. The fourth-order valence-corrected chi connectivity index (χ4v) is 3.67. The molecular weight excluding hydrogens is 272 g/mol. The average Bonchev–Trinajstić information content (AvgIpc) is 3.04. The highest BCUT2D eigenvalue weighted by molar-refractivity contribution is 7.16. The first-order valence-electron chi connectivity index (χ1n) is 7.12. The van der Waals surface area contributed by atoms with Crippen LogP contribution < -0.4 is 5.32 Å². The molecule has 20 heavy (non-hydrogen) atoms. The second-order valence-electron chi connectivity index (χ2n) is 5.71. The number of fused-ring (bicyclic) bond motifs is 1. The highest BCUT2D eigenvalue weighted by Crippen LogP contribution is 2.33. The first-order valence-corrected chi connectivity index (χ1v) is 8.00. The molecule has 1 fully saturated rings. The van der Waals surface area contributed by atoms with Crippen molar-refractivity contribution in [1.29, 1.82) is 0 Å². The maximum atomic E-state index is 10.3. The van der Waals surface area contributed by atoms with Gasteiger partial charge in [0.1, 0.15) is 0 Å². The summed E-state index contributed by atoms with van der Waals surface area (Å²) in [7, 11) is 0. The Bertz CT molecular complexity index is 578. The number of hydrogen-bond acceptors (Lipinski definition) is 5. The molecule has 1 heterocycles. The van der Waals surface area contributed by atoms with Crippen LogP contribution in [0.1, 0.15) is 32.1 Å². The van der Waals surface area contributed by atoms with Crippen molar-refractivity contribution >= 4 is 27.2 Å². The molecule has 0 bridgehead atoms. The van der Waals surface area contributed by atoms with Crippen molar-refractivity contribution in [3.05, 3.63) is 23.7 Å². The van der Waals surface area contributed by atoms with Crippen molar-refractivity contribution in [1.82, 2.24) is 4.98 Å². The largest absolute Gasteiger partial charge is 0.391 e. The minimum absolute atomic E-state index is 0.461. The van der Waals surface area contributed by atoms with Gasteiger partial charge in [-0.1, -0.05) is 12.8 Å². The van der Waals surface area contributed by atoms with E-state index < -0.39 is 11.7 Å². The van der Waals surface area contributed by atoms with Gasteiger partial charge in [0.05, 0.1) is 27.4 Å². The highest BCUT2D eigenvalue weighted by Gasteiger charge is 2.33. The van der Waals surface area contributed by atoms with Gasteiger partial charge in [0.2, 0.25) is 0 Å². The Morgan fingerprint density at radius 3 is 2.95 bits per heavy atom. The molecule has 3 N–H and O–H groups in total. The van der Waals surface area contributed by atoms with Crippen LogP contribution in [0.3, 0.4) is 0 Å². The lowest BCUT2D eigenvalue weighted by atomic mass is 9.94. The van der Waals surface area contributed by atoms with E-state index in [1.807, 2.05) is 23.7 Å². The van der Waals surface area contributed by atoms with Crippen LogP contribution in [0.5, 0.6) is 0 Å². The van der Waals surface area contributed by atoms with Gasteiger partial charge in [-0.25, -0.2) is 4.98 Å². The van der Waals surface area contributed by atoms with E-state index in [9.17, 15) is 10.2 Å². The fourth-order valence-electron chi connectivity index (χ4n) is 2.95. The third kappa shape index (κ3) is 3.11. The molecule has 4 nitrogen and oxygen atoms in total. The number of hydrogen-bond donors (Lipinski definition) is 3. The molecule has 1 atom stereocenters. The summed E-state index contributed by atoms with van der Waals surface area (Å²) in [5.41, 5.74) is 3.17. The number of benzene rings is 1. The lowest BCUT2D eigenvalue weighted by Gasteiger charge is -2.25. The molecule has 1 aromatic heterocycles. The van der Waals surface area contributed by atoms with Gasteiger partial charge in [-0.05, 0) is 31.0 Å². The zero-order valence-electron chi connectivity index (χ0n) is 11.4. The molecule has 1 aliphatic rings. The number of nitrogens with one attached hydrogen (secondary N) is 1. The van der Waals surface area contributed by atoms with Gasteiger partial charge in [-0.15, -0.1) is 11.3 Å². The second kappa shape index (κ2) is 5.68. The van der Waals surface area contributed by atoms with Crippen molar-refractivity contribution in [3.63, 3.8) is 0 Å². The fraction of sp³-hybridized carbons (Fsp3) is 0.533. The zero-order chi connectivity index (χ0) is 14.0. The minimum Gasteiger partial charge on any atom is -0.391 e. The van der Waals surface area contributed by atoms with E-state index in [-0.39, 0.29) is 0 Å². The van der Waals surface area contributed by atoms with Crippen LogP contribution >= 0.6 is 11.3 Å². The third-order valence-corrected chi connectivity index (χ3v) is 4.81. The predicted molar refractivity (Wildman–Crippen MR) is 82.2 cm³/mol. The smallest absolute Gasteiger partial charge is 0.0813 e. The molecule has 108 valence electrons. The zero-order valence-corrected chi connectivity index (χ0v) is 12.2. The third-order valence-electron chi connectivity index (χ3n) is 4.02. The van der Waals surface area contributed by atoms with Crippen molar-refractivity contribution in [2.24, 2.45) is 0 Å². The Kier molecular flexibility index (Phi) is 3.92. The predicted octanol–water partition coefficient (Wildman–Crippen LogP) is 2.76. The van der Waals surface area contributed by atoms with Gasteiger partial charge >= 0.3 is 0 Å². The average molecular weight is 292 g/mol. The molecule has 0 spiro atoms. The van der Waals surface area contributed by atoms with Crippen LogP contribution in [0.15, 0.2) is 23.7 Å². The van der Waals surface area contributed by atoms with E-state index in [1.54, 1.807) is 11.3 Å². The van der Waals surface area contributed by atoms with E-state index in [0.29, 0.717) is 13.0 Å². The van der Waals surface area contributed by atoms with Crippen LogP contribution in [-0.2, 0) is 0 Å². The van der Waals surface area contributed by atoms with E-state index in [1.165, 1.54) is 0 Å². The maximum absolute atomic E-state index is 10.3. The number of aliphatic hydroxyl groups excluding tert-OH is 1. The van der Waals surface area contributed by atoms with Crippen molar-refractivity contribution in [3.8, 4) is 0 Å². The number of nitrogens with zero attached hydrogens (tertiary/aromatic N) is 1. The van der Waals surface area contributed by atoms with E-state index in [2.05, 4.69) is 10.3 Å². The molecule has 3 rings (SSSR count). The van der Waals surface area contributed by atoms with Crippen LogP contribution in [0, 0.1) is 0 Å². The SMILES string of the molecule is OC(CNc1ccc2ncsc2c1)CC1(O)CCCC1. The summed E-state index contributed by atoms with van der Waals surface area (Å²) in [6, 6.07) is 5.99. The molecule has 0 amide bonds. The molecule has 0 saturated heterocycles. The Morgan fingerprint density at radius 2 is 2.15 bits per heavy atom. The normalized spacial score (nSPS) is 19.3. The molecule has 1 unspecified atom stereocenters. The summed E-state index contributed by atoms with van der Waals surface area (Å²) in [5, 5.41) is 23.6. The van der Waals surface area contributed by atoms with Crippen molar-refractivity contribution in [2.45, 2.75) is 43.8 Å². The summed E-state index contributed by atoms with van der Waals surface area (Å²) in [6.45, 7) is 0.465. The lowest BCUT2D eigenvalue weighted by Crippen LogP contribution is -2.33. The molecule has 5 heteroatoms.